The number of hydrogen-bond donors (Lipinski definition) is 1. The standard InChI is InChI=1S/C14H19N3O3S/c1-16(10-5-6-21(19,20)8-10)9-3-4-11-12(7-9)17(2)14(18)13(11)15/h3-4,7,10,13H,5-6,8,15H2,1-2H3. The van der Waals surface area contributed by atoms with Crippen molar-refractivity contribution >= 4 is 27.1 Å². The Balaban J connectivity index is 1.90. The van der Waals surface area contributed by atoms with Gasteiger partial charge in [-0.25, -0.2) is 8.42 Å². The van der Waals surface area contributed by atoms with Crippen LogP contribution in [0.1, 0.15) is 18.0 Å². The van der Waals surface area contributed by atoms with Crippen LogP contribution in [-0.4, -0.2) is 46.0 Å². The largest absolute Gasteiger partial charge is 0.370 e. The zero-order valence-corrected chi connectivity index (χ0v) is 12.9. The van der Waals surface area contributed by atoms with E-state index in [2.05, 4.69) is 0 Å². The van der Waals surface area contributed by atoms with Gasteiger partial charge in [-0.3, -0.25) is 4.79 Å². The molecule has 21 heavy (non-hydrogen) atoms. The Morgan fingerprint density at radius 1 is 1.38 bits per heavy atom. The molecule has 6 nitrogen and oxygen atoms in total. The smallest absolute Gasteiger partial charge is 0.248 e. The van der Waals surface area contributed by atoms with E-state index in [-0.39, 0.29) is 23.5 Å². The van der Waals surface area contributed by atoms with Crippen LogP contribution < -0.4 is 15.5 Å². The molecule has 2 heterocycles. The second-order valence-electron chi connectivity index (χ2n) is 5.79. The van der Waals surface area contributed by atoms with Crippen LogP contribution in [0.15, 0.2) is 18.2 Å². The number of rotatable bonds is 2. The number of amides is 1. The highest BCUT2D eigenvalue weighted by atomic mass is 32.2. The van der Waals surface area contributed by atoms with Crippen molar-refractivity contribution in [3.8, 4) is 0 Å². The molecule has 0 aliphatic carbocycles. The highest BCUT2D eigenvalue weighted by Gasteiger charge is 2.34. The van der Waals surface area contributed by atoms with Gasteiger partial charge in [-0.2, -0.15) is 0 Å². The molecule has 2 aliphatic heterocycles. The van der Waals surface area contributed by atoms with Crippen molar-refractivity contribution in [1.29, 1.82) is 0 Å². The molecule has 2 unspecified atom stereocenters. The molecule has 0 saturated carbocycles. The summed E-state index contributed by atoms with van der Waals surface area (Å²) in [7, 11) is 0.684. The summed E-state index contributed by atoms with van der Waals surface area (Å²) in [5, 5.41) is 0. The first-order chi connectivity index (χ1) is 9.80. The second kappa shape index (κ2) is 4.71. The van der Waals surface area contributed by atoms with E-state index in [9.17, 15) is 13.2 Å². The zero-order valence-electron chi connectivity index (χ0n) is 12.1. The van der Waals surface area contributed by atoms with E-state index in [4.69, 9.17) is 5.73 Å². The summed E-state index contributed by atoms with van der Waals surface area (Å²) in [5.41, 5.74) is 8.41. The van der Waals surface area contributed by atoms with Gasteiger partial charge in [0.2, 0.25) is 5.91 Å². The van der Waals surface area contributed by atoms with Gasteiger partial charge >= 0.3 is 0 Å². The first-order valence-corrected chi connectivity index (χ1v) is 8.72. The molecule has 2 N–H and O–H groups in total. The van der Waals surface area contributed by atoms with Gasteiger partial charge in [-0.05, 0) is 18.6 Å². The van der Waals surface area contributed by atoms with Gasteiger partial charge in [-0.1, -0.05) is 6.07 Å². The minimum Gasteiger partial charge on any atom is -0.370 e. The topological polar surface area (TPSA) is 83.7 Å². The summed E-state index contributed by atoms with van der Waals surface area (Å²) in [4.78, 5) is 15.4. The number of likely N-dealkylation sites (N-methyl/N-ethyl adjacent to an activating group) is 1. The van der Waals surface area contributed by atoms with Crippen LogP contribution >= 0.6 is 0 Å². The van der Waals surface area contributed by atoms with E-state index < -0.39 is 15.9 Å². The Morgan fingerprint density at radius 2 is 2.10 bits per heavy atom. The number of anilines is 2. The summed E-state index contributed by atoms with van der Waals surface area (Å²) >= 11 is 0. The van der Waals surface area contributed by atoms with E-state index in [1.54, 1.807) is 11.9 Å². The van der Waals surface area contributed by atoms with Crippen molar-refractivity contribution in [2.45, 2.75) is 18.5 Å². The highest BCUT2D eigenvalue weighted by Crippen LogP contribution is 2.37. The van der Waals surface area contributed by atoms with Crippen LogP contribution in [0, 0.1) is 0 Å². The summed E-state index contributed by atoms with van der Waals surface area (Å²) < 4.78 is 23.2. The normalized spacial score (nSPS) is 27.0. The number of nitrogens with zero attached hydrogens (tertiary/aromatic N) is 2. The lowest BCUT2D eigenvalue weighted by molar-refractivity contribution is -0.118. The number of nitrogens with two attached hydrogens (primary N) is 1. The Labute approximate surface area is 124 Å². The van der Waals surface area contributed by atoms with Crippen LogP contribution in [0.5, 0.6) is 0 Å². The molecule has 0 bridgehead atoms. The summed E-state index contributed by atoms with van der Waals surface area (Å²) in [6.45, 7) is 0. The Bertz CT molecular complexity index is 701. The third-order valence-corrected chi connectivity index (χ3v) is 6.22. The minimum absolute atomic E-state index is 0.0101. The average molecular weight is 309 g/mol. The van der Waals surface area contributed by atoms with Crippen molar-refractivity contribution in [2.24, 2.45) is 5.73 Å². The quantitative estimate of drug-likeness (QED) is 0.849. The van der Waals surface area contributed by atoms with Crippen LogP contribution in [0.3, 0.4) is 0 Å². The predicted molar refractivity (Wildman–Crippen MR) is 82.2 cm³/mol. The summed E-state index contributed by atoms with van der Waals surface area (Å²) in [6, 6.07) is 5.05. The molecular formula is C14H19N3O3S. The Kier molecular flexibility index (Phi) is 3.22. The van der Waals surface area contributed by atoms with Gasteiger partial charge in [0, 0.05) is 31.4 Å². The van der Waals surface area contributed by atoms with Crippen LogP contribution in [0.4, 0.5) is 11.4 Å². The molecule has 2 atom stereocenters. The fourth-order valence-electron chi connectivity index (χ4n) is 3.06. The summed E-state index contributed by atoms with van der Waals surface area (Å²) in [6.07, 6.45) is 0.643. The van der Waals surface area contributed by atoms with E-state index in [1.807, 2.05) is 30.1 Å². The monoisotopic (exact) mass is 309 g/mol. The molecule has 7 heteroatoms. The maximum atomic E-state index is 11.9. The summed E-state index contributed by atoms with van der Waals surface area (Å²) in [5.74, 6) is 0.318. The number of sulfone groups is 1. The molecule has 3 rings (SSSR count). The molecule has 114 valence electrons. The fraction of sp³-hybridized carbons (Fsp3) is 0.500. The number of benzene rings is 1. The molecule has 0 spiro atoms. The third-order valence-electron chi connectivity index (χ3n) is 4.47. The molecule has 1 aromatic rings. The number of carbonyl (C=O) groups is 1. The van der Waals surface area contributed by atoms with Gasteiger partial charge in [0.15, 0.2) is 9.84 Å². The van der Waals surface area contributed by atoms with E-state index in [1.165, 1.54) is 0 Å². The third kappa shape index (κ3) is 2.30. The van der Waals surface area contributed by atoms with Gasteiger partial charge < -0.3 is 15.5 Å². The zero-order chi connectivity index (χ0) is 15.4. The lowest BCUT2D eigenvalue weighted by Crippen LogP contribution is -2.32. The maximum absolute atomic E-state index is 11.9. The average Bonchev–Trinajstić information content (AvgIpc) is 2.92. The molecule has 1 amide bonds. The van der Waals surface area contributed by atoms with Gasteiger partial charge in [0.05, 0.1) is 17.2 Å². The van der Waals surface area contributed by atoms with Crippen LogP contribution in [0.2, 0.25) is 0 Å². The van der Waals surface area contributed by atoms with Crippen molar-refractivity contribution < 1.29 is 13.2 Å². The van der Waals surface area contributed by atoms with E-state index in [0.29, 0.717) is 6.42 Å². The fourth-order valence-corrected chi connectivity index (χ4v) is 4.83. The minimum atomic E-state index is -2.91. The molecule has 1 fully saturated rings. The Hall–Kier alpha value is -1.60. The predicted octanol–water partition coefficient (Wildman–Crippen LogP) is 0.286. The lowest BCUT2D eigenvalue weighted by Gasteiger charge is -2.26. The van der Waals surface area contributed by atoms with Gasteiger partial charge in [0.25, 0.3) is 0 Å². The first-order valence-electron chi connectivity index (χ1n) is 6.90. The molecular weight excluding hydrogens is 290 g/mol. The maximum Gasteiger partial charge on any atom is 0.248 e. The van der Waals surface area contributed by atoms with E-state index in [0.717, 1.165) is 16.9 Å². The Morgan fingerprint density at radius 3 is 2.71 bits per heavy atom. The molecule has 0 aromatic heterocycles. The van der Waals surface area contributed by atoms with Crippen molar-refractivity contribution in [2.75, 3.05) is 35.4 Å². The van der Waals surface area contributed by atoms with Crippen molar-refractivity contribution in [3.05, 3.63) is 23.8 Å². The molecule has 2 aliphatic rings. The first kappa shape index (κ1) is 14.3. The number of fused-ring (bicyclic) bond motifs is 1. The van der Waals surface area contributed by atoms with E-state index >= 15 is 0 Å². The van der Waals surface area contributed by atoms with Crippen LogP contribution in [0.25, 0.3) is 0 Å². The second-order valence-corrected chi connectivity index (χ2v) is 8.01. The van der Waals surface area contributed by atoms with Crippen LogP contribution in [-0.2, 0) is 14.6 Å². The van der Waals surface area contributed by atoms with Crippen molar-refractivity contribution in [3.63, 3.8) is 0 Å². The van der Waals surface area contributed by atoms with Gasteiger partial charge in [-0.15, -0.1) is 0 Å². The number of carbonyl (C=O) groups excluding carboxylic acids is 1. The van der Waals surface area contributed by atoms with Gasteiger partial charge in [0.1, 0.15) is 6.04 Å². The lowest BCUT2D eigenvalue weighted by atomic mass is 10.1. The SMILES string of the molecule is CN1C(=O)C(N)c2ccc(N(C)C3CCS(=O)(=O)C3)cc21. The van der Waals surface area contributed by atoms with Crippen molar-refractivity contribution in [1.82, 2.24) is 0 Å². The molecule has 0 radical (unpaired) electrons. The highest BCUT2D eigenvalue weighted by molar-refractivity contribution is 7.91. The molecule has 1 aromatic carbocycles. The number of hydrogen-bond acceptors (Lipinski definition) is 5. The molecule has 1 saturated heterocycles.